The Labute approximate surface area is 123 Å². The third-order valence-corrected chi connectivity index (χ3v) is 6.54. The maximum absolute atomic E-state index is 11.4. The summed E-state index contributed by atoms with van der Waals surface area (Å²) in [5.41, 5.74) is 0.935. The topological polar surface area (TPSA) is 59.5 Å². The molecule has 1 aromatic rings. The molecule has 0 radical (unpaired) electrons. The molecule has 1 aromatic heterocycles. The van der Waals surface area contributed by atoms with Crippen LogP contribution in [0.25, 0.3) is 0 Å². The van der Waals surface area contributed by atoms with Gasteiger partial charge in [-0.3, -0.25) is 4.98 Å². The van der Waals surface area contributed by atoms with Crippen molar-refractivity contribution in [2.45, 2.75) is 23.9 Å². The van der Waals surface area contributed by atoms with Crippen LogP contribution in [0.4, 0.5) is 0 Å². The van der Waals surface area contributed by atoms with Crippen molar-refractivity contribution >= 4 is 21.8 Å². The first-order valence-electron chi connectivity index (χ1n) is 6.57. The number of pyridine rings is 1. The first-order valence-corrected chi connectivity index (χ1v) is 9.41. The molecule has 0 amide bonds. The van der Waals surface area contributed by atoms with E-state index in [0.29, 0.717) is 19.7 Å². The lowest BCUT2D eigenvalue weighted by Crippen LogP contribution is -2.60. The van der Waals surface area contributed by atoms with Crippen LogP contribution >= 0.6 is 11.8 Å². The summed E-state index contributed by atoms with van der Waals surface area (Å²) in [6, 6.07) is 5.79. The molecule has 0 N–H and O–H groups in total. The summed E-state index contributed by atoms with van der Waals surface area (Å²) in [4.78, 5) is 4.24. The number of hydrogen-bond acceptors (Lipinski definition) is 5. The number of sulfonamides is 1. The lowest BCUT2D eigenvalue weighted by molar-refractivity contribution is 0.0381. The van der Waals surface area contributed by atoms with Crippen LogP contribution in [-0.2, 0) is 21.4 Å². The van der Waals surface area contributed by atoms with E-state index in [-0.39, 0.29) is 10.9 Å². The molecule has 0 aliphatic carbocycles. The normalized spacial score (nSPS) is 25.8. The maximum Gasteiger partial charge on any atom is 0.211 e. The number of hydrogen-bond donors (Lipinski definition) is 0. The Morgan fingerprint density at radius 2 is 2.30 bits per heavy atom. The van der Waals surface area contributed by atoms with Crippen LogP contribution in [0, 0.1) is 0 Å². The van der Waals surface area contributed by atoms with Crippen LogP contribution in [0.3, 0.4) is 0 Å². The molecule has 7 heteroatoms. The van der Waals surface area contributed by atoms with E-state index in [1.165, 1.54) is 6.26 Å². The Morgan fingerprint density at radius 1 is 1.50 bits per heavy atom. The lowest BCUT2D eigenvalue weighted by Gasteiger charge is -2.45. The van der Waals surface area contributed by atoms with Crippen LogP contribution in [0.15, 0.2) is 24.4 Å². The molecule has 1 atom stereocenters. The summed E-state index contributed by atoms with van der Waals surface area (Å²) >= 11 is 1.84. The third-order valence-electron chi connectivity index (χ3n) is 3.77. The van der Waals surface area contributed by atoms with Gasteiger partial charge in [0, 0.05) is 29.8 Å². The van der Waals surface area contributed by atoms with Crippen LogP contribution in [0.1, 0.15) is 12.1 Å². The Balaban J connectivity index is 1.49. The van der Waals surface area contributed by atoms with Gasteiger partial charge in [-0.2, -0.15) is 4.31 Å². The van der Waals surface area contributed by atoms with Gasteiger partial charge in [-0.25, -0.2) is 8.42 Å². The second-order valence-corrected chi connectivity index (χ2v) is 8.95. The Hall–Kier alpha value is -0.630. The average molecular weight is 314 g/mol. The molecule has 2 saturated heterocycles. The fraction of sp³-hybridized carbons (Fsp3) is 0.615. The predicted molar refractivity (Wildman–Crippen MR) is 79.0 cm³/mol. The molecule has 0 bridgehead atoms. The van der Waals surface area contributed by atoms with E-state index in [0.717, 1.165) is 17.9 Å². The lowest BCUT2D eigenvalue weighted by atomic mass is 9.95. The minimum absolute atomic E-state index is 0.0812. The highest BCUT2D eigenvalue weighted by atomic mass is 32.2. The second-order valence-electron chi connectivity index (χ2n) is 5.48. The fourth-order valence-electron chi connectivity index (χ4n) is 2.65. The van der Waals surface area contributed by atoms with E-state index >= 15 is 0 Å². The van der Waals surface area contributed by atoms with E-state index in [1.807, 2.05) is 30.0 Å². The van der Waals surface area contributed by atoms with E-state index < -0.39 is 10.0 Å². The molecule has 0 unspecified atom stereocenters. The Bertz CT molecular complexity index is 571. The summed E-state index contributed by atoms with van der Waals surface area (Å²) in [6.07, 6.45) is 4.16. The largest absolute Gasteiger partial charge is 0.371 e. The van der Waals surface area contributed by atoms with Crippen molar-refractivity contribution in [1.82, 2.24) is 9.29 Å². The molecular weight excluding hydrogens is 296 g/mol. The predicted octanol–water partition coefficient (Wildman–Crippen LogP) is 1.12. The number of ether oxygens (including phenoxy) is 1. The molecule has 2 aliphatic heterocycles. The quantitative estimate of drug-likeness (QED) is 0.833. The van der Waals surface area contributed by atoms with Crippen molar-refractivity contribution in [3.05, 3.63) is 30.1 Å². The highest BCUT2D eigenvalue weighted by Crippen LogP contribution is 2.46. The number of aromatic nitrogens is 1. The standard InChI is InChI=1S/C13H18N2O3S2/c1-20(16,17)15-9-13(10-15)6-12(8-19-13)18-7-11-4-2-3-5-14-11/h2-5,12H,6-10H2,1H3/t12-/m0/s1. The van der Waals surface area contributed by atoms with Gasteiger partial charge >= 0.3 is 0 Å². The number of nitrogens with zero attached hydrogens (tertiary/aromatic N) is 2. The molecule has 2 aliphatic rings. The third kappa shape index (κ3) is 3.00. The van der Waals surface area contributed by atoms with Gasteiger partial charge in [0.25, 0.3) is 0 Å². The second kappa shape index (κ2) is 5.29. The van der Waals surface area contributed by atoms with Crippen LogP contribution in [0.2, 0.25) is 0 Å². The molecule has 1 spiro atoms. The molecule has 110 valence electrons. The molecular formula is C13H18N2O3S2. The minimum Gasteiger partial charge on any atom is -0.371 e. The van der Waals surface area contributed by atoms with Gasteiger partial charge in [-0.1, -0.05) is 6.07 Å². The fourth-order valence-corrected chi connectivity index (χ4v) is 5.33. The summed E-state index contributed by atoms with van der Waals surface area (Å²) in [5.74, 6) is 0.935. The number of rotatable bonds is 4. The summed E-state index contributed by atoms with van der Waals surface area (Å²) in [6.45, 7) is 1.78. The van der Waals surface area contributed by atoms with Crippen molar-refractivity contribution in [1.29, 1.82) is 0 Å². The van der Waals surface area contributed by atoms with Crippen molar-refractivity contribution in [2.75, 3.05) is 25.1 Å². The zero-order valence-corrected chi connectivity index (χ0v) is 13.0. The Morgan fingerprint density at radius 3 is 2.95 bits per heavy atom. The van der Waals surface area contributed by atoms with Gasteiger partial charge in [0.15, 0.2) is 0 Å². The van der Waals surface area contributed by atoms with E-state index in [4.69, 9.17) is 4.74 Å². The summed E-state index contributed by atoms with van der Waals surface area (Å²) < 4.78 is 30.4. The van der Waals surface area contributed by atoms with Gasteiger partial charge < -0.3 is 4.74 Å². The van der Waals surface area contributed by atoms with Crippen LogP contribution < -0.4 is 0 Å². The minimum atomic E-state index is -3.03. The van der Waals surface area contributed by atoms with E-state index in [9.17, 15) is 8.42 Å². The zero-order valence-electron chi connectivity index (χ0n) is 11.4. The van der Waals surface area contributed by atoms with Gasteiger partial charge in [0.1, 0.15) is 0 Å². The van der Waals surface area contributed by atoms with Gasteiger partial charge in [-0.15, -0.1) is 11.8 Å². The first-order chi connectivity index (χ1) is 9.47. The average Bonchev–Trinajstić information content (AvgIpc) is 2.79. The van der Waals surface area contributed by atoms with Crippen molar-refractivity contribution in [3.8, 4) is 0 Å². The van der Waals surface area contributed by atoms with Crippen LogP contribution in [-0.4, -0.2) is 53.7 Å². The molecule has 0 saturated carbocycles. The first kappa shape index (κ1) is 14.3. The molecule has 3 rings (SSSR count). The van der Waals surface area contributed by atoms with Gasteiger partial charge in [0.05, 0.1) is 24.7 Å². The molecule has 5 nitrogen and oxygen atoms in total. The summed E-state index contributed by atoms with van der Waals surface area (Å²) in [5, 5.41) is 0. The molecule has 20 heavy (non-hydrogen) atoms. The smallest absolute Gasteiger partial charge is 0.211 e. The molecule has 0 aromatic carbocycles. The van der Waals surface area contributed by atoms with Crippen molar-refractivity contribution < 1.29 is 13.2 Å². The molecule has 3 heterocycles. The molecule has 2 fully saturated rings. The highest BCUT2D eigenvalue weighted by molar-refractivity contribution is 8.01. The Kier molecular flexibility index (Phi) is 3.79. The maximum atomic E-state index is 11.4. The van der Waals surface area contributed by atoms with Crippen molar-refractivity contribution in [2.24, 2.45) is 0 Å². The van der Waals surface area contributed by atoms with E-state index in [1.54, 1.807) is 10.5 Å². The highest BCUT2D eigenvalue weighted by Gasteiger charge is 2.52. The summed E-state index contributed by atoms with van der Waals surface area (Å²) in [7, 11) is -3.03. The number of thioether (sulfide) groups is 1. The van der Waals surface area contributed by atoms with Crippen LogP contribution in [0.5, 0.6) is 0 Å². The zero-order chi connectivity index (χ0) is 14.2. The van der Waals surface area contributed by atoms with E-state index in [2.05, 4.69) is 4.98 Å². The van der Waals surface area contributed by atoms with Gasteiger partial charge in [0.2, 0.25) is 10.0 Å². The monoisotopic (exact) mass is 314 g/mol. The SMILES string of the molecule is CS(=O)(=O)N1CC2(C[C@H](OCc3ccccn3)CS2)C1. The van der Waals surface area contributed by atoms with Gasteiger partial charge in [-0.05, 0) is 18.6 Å². The van der Waals surface area contributed by atoms with Crippen molar-refractivity contribution in [3.63, 3.8) is 0 Å².